The van der Waals surface area contributed by atoms with E-state index < -0.39 is 11.4 Å². The van der Waals surface area contributed by atoms with Crippen molar-refractivity contribution >= 4 is 11.9 Å². The van der Waals surface area contributed by atoms with Crippen LogP contribution in [0.5, 0.6) is 0 Å². The van der Waals surface area contributed by atoms with Crippen molar-refractivity contribution in [3.63, 3.8) is 0 Å². The molecule has 134 valence electrons. The number of carbonyl (C=O) groups is 2. The minimum Gasteiger partial charge on any atom is -0.468 e. The maximum atomic E-state index is 13.1. The van der Waals surface area contributed by atoms with Gasteiger partial charge in [0.1, 0.15) is 11.2 Å². The summed E-state index contributed by atoms with van der Waals surface area (Å²) in [6.07, 6.45) is 1.67. The zero-order chi connectivity index (χ0) is 18.3. The molecule has 7 heteroatoms. The molecule has 1 fully saturated rings. The van der Waals surface area contributed by atoms with Gasteiger partial charge in [-0.2, -0.15) is 10.2 Å². The van der Waals surface area contributed by atoms with Gasteiger partial charge in [0.15, 0.2) is 0 Å². The largest absolute Gasteiger partial charge is 0.468 e. The van der Waals surface area contributed by atoms with E-state index >= 15 is 0 Å². The number of amides is 1. The summed E-state index contributed by atoms with van der Waals surface area (Å²) in [5, 5.41) is 8.48. The summed E-state index contributed by atoms with van der Waals surface area (Å²) in [6, 6.07) is 7.92. The molecule has 1 aliphatic carbocycles. The van der Waals surface area contributed by atoms with Gasteiger partial charge in [0, 0.05) is 25.1 Å². The molecular formula is C19H18FN3O3. The lowest BCUT2D eigenvalue weighted by Gasteiger charge is -2.30. The Balaban J connectivity index is 1.58. The van der Waals surface area contributed by atoms with Crippen molar-refractivity contribution < 1.29 is 18.7 Å². The fraction of sp³-hybridized carbons (Fsp3) is 0.368. The molecule has 1 aromatic heterocycles. The average Bonchev–Trinajstić information content (AvgIpc) is 3.48. The highest BCUT2D eigenvalue weighted by molar-refractivity contribution is 6.05. The molecule has 0 radical (unpaired) electrons. The predicted molar refractivity (Wildman–Crippen MR) is 90.2 cm³/mol. The van der Waals surface area contributed by atoms with Crippen LogP contribution in [0.3, 0.4) is 0 Å². The summed E-state index contributed by atoms with van der Waals surface area (Å²) in [5.41, 5.74) is 2.15. The van der Waals surface area contributed by atoms with Crippen LogP contribution in [0.1, 0.15) is 24.1 Å². The molecule has 2 aromatic rings. The van der Waals surface area contributed by atoms with E-state index in [9.17, 15) is 14.0 Å². The Morgan fingerprint density at radius 2 is 1.92 bits per heavy atom. The molecule has 0 saturated heterocycles. The Morgan fingerprint density at radius 3 is 2.58 bits per heavy atom. The van der Waals surface area contributed by atoms with Gasteiger partial charge in [0.05, 0.1) is 18.5 Å². The number of esters is 1. The lowest BCUT2D eigenvalue weighted by Crippen LogP contribution is -2.44. The van der Waals surface area contributed by atoms with Gasteiger partial charge in [-0.15, -0.1) is 0 Å². The topological polar surface area (TPSA) is 72.4 Å². The zero-order valence-corrected chi connectivity index (χ0v) is 14.4. The third kappa shape index (κ3) is 2.73. The molecule has 2 aliphatic rings. The van der Waals surface area contributed by atoms with Gasteiger partial charge in [-0.05, 0) is 48.7 Å². The number of fused-ring (bicyclic) bond motifs is 1. The average molecular weight is 355 g/mol. The third-order valence-corrected chi connectivity index (χ3v) is 5.10. The van der Waals surface area contributed by atoms with E-state index in [0.29, 0.717) is 38.0 Å². The minimum atomic E-state index is -0.994. The number of nitrogens with zero attached hydrogens (tertiary/aromatic N) is 3. The molecule has 1 aliphatic heterocycles. The van der Waals surface area contributed by atoms with Gasteiger partial charge in [0.25, 0.3) is 0 Å². The quantitative estimate of drug-likeness (QED) is 0.623. The monoisotopic (exact) mass is 355 g/mol. The van der Waals surface area contributed by atoms with Crippen molar-refractivity contribution in [1.82, 2.24) is 15.1 Å². The normalized spacial score (nSPS) is 17.4. The smallest absolute Gasteiger partial charge is 0.321 e. The fourth-order valence-corrected chi connectivity index (χ4v) is 3.39. The van der Waals surface area contributed by atoms with Crippen molar-refractivity contribution in [3.8, 4) is 11.3 Å². The molecule has 0 bridgehead atoms. The van der Waals surface area contributed by atoms with E-state index in [1.54, 1.807) is 17.0 Å². The van der Waals surface area contributed by atoms with Gasteiger partial charge < -0.3 is 9.64 Å². The predicted octanol–water partition coefficient (Wildman–Crippen LogP) is 2.12. The van der Waals surface area contributed by atoms with E-state index in [-0.39, 0.29) is 11.7 Å². The molecule has 0 unspecified atom stereocenters. The standard InChI is InChI=1S/C19H18FN3O3/c1-26-18(25)19(7-8-19)17(24)23-9-6-15-13(11-23)10-16(22-21-15)12-2-4-14(20)5-3-12/h2-5,10H,6-9,11H2,1H3. The van der Waals surface area contributed by atoms with Crippen molar-refractivity contribution in [2.75, 3.05) is 13.7 Å². The number of carbonyl (C=O) groups excluding carboxylic acids is 2. The molecule has 2 heterocycles. The zero-order valence-electron chi connectivity index (χ0n) is 14.4. The van der Waals surface area contributed by atoms with Crippen molar-refractivity contribution in [2.45, 2.75) is 25.8 Å². The van der Waals surface area contributed by atoms with Crippen molar-refractivity contribution in [3.05, 3.63) is 47.4 Å². The molecule has 1 saturated carbocycles. The molecule has 1 aromatic carbocycles. The van der Waals surface area contributed by atoms with Crippen LogP contribution in [0.25, 0.3) is 11.3 Å². The number of halogens is 1. The summed E-state index contributed by atoms with van der Waals surface area (Å²) in [7, 11) is 1.31. The number of ether oxygens (including phenoxy) is 1. The second kappa shape index (κ2) is 6.16. The molecule has 0 N–H and O–H groups in total. The number of aromatic nitrogens is 2. The van der Waals surface area contributed by atoms with Crippen LogP contribution >= 0.6 is 0 Å². The lowest BCUT2D eigenvalue weighted by atomic mass is 10.00. The molecule has 0 spiro atoms. The van der Waals surface area contributed by atoms with Crippen LogP contribution in [0.15, 0.2) is 30.3 Å². The Labute approximate surface area is 150 Å². The number of rotatable bonds is 3. The Hall–Kier alpha value is -2.83. The fourth-order valence-electron chi connectivity index (χ4n) is 3.39. The molecule has 1 amide bonds. The molecule has 6 nitrogen and oxygen atoms in total. The van der Waals surface area contributed by atoms with Crippen LogP contribution in [-0.2, 0) is 27.3 Å². The third-order valence-electron chi connectivity index (χ3n) is 5.10. The highest BCUT2D eigenvalue weighted by atomic mass is 19.1. The highest BCUT2D eigenvalue weighted by Gasteiger charge is 2.59. The summed E-state index contributed by atoms with van der Waals surface area (Å²) in [6.45, 7) is 0.895. The Morgan fingerprint density at radius 1 is 1.19 bits per heavy atom. The maximum absolute atomic E-state index is 13.1. The highest BCUT2D eigenvalue weighted by Crippen LogP contribution is 2.48. The maximum Gasteiger partial charge on any atom is 0.321 e. The Bertz CT molecular complexity index is 878. The van der Waals surface area contributed by atoms with Crippen molar-refractivity contribution in [1.29, 1.82) is 0 Å². The lowest BCUT2D eigenvalue weighted by molar-refractivity contribution is -0.156. The van der Waals surface area contributed by atoms with E-state index in [2.05, 4.69) is 10.2 Å². The first-order valence-corrected chi connectivity index (χ1v) is 8.53. The van der Waals surface area contributed by atoms with Gasteiger partial charge in [-0.25, -0.2) is 4.39 Å². The first-order valence-electron chi connectivity index (χ1n) is 8.53. The summed E-state index contributed by atoms with van der Waals surface area (Å²) < 4.78 is 17.9. The first-order chi connectivity index (χ1) is 12.5. The van der Waals surface area contributed by atoms with Gasteiger partial charge in [-0.1, -0.05) is 0 Å². The van der Waals surface area contributed by atoms with E-state index in [1.807, 2.05) is 6.07 Å². The van der Waals surface area contributed by atoms with Gasteiger partial charge in [-0.3, -0.25) is 9.59 Å². The first kappa shape index (κ1) is 16.6. The van der Waals surface area contributed by atoms with Crippen molar-refractivity contribution in [2.24, 2.45) is 5.41 Å². The molecular weight excluding hydrogens is 337 g/mol. The number of benzene rings is 1. The Kier molecular flexibility index (Phi) is 3.94. The van der Waals surface area contributed by atoms with Crippen LogP contribution in [-0.4, -0.2) is 40.6 Å². The second-order valence-electron chi connectivity index (χ2n) is 6.76. The second-order valence-corrected chi connectivity index (χ2v) is 6.76. The number of hydrogen-bond acceptors (Lipinski definition) is 5. The molecule has 0 atom stereocenters. The summed E-state index contributed by atoms with van der Waals surface area (Å²) >= 11 is 0. The van der Waals surface area contributed by atoms with Gasteiger partial charge >= 0.3 is 5.97 Å². The van der Waals surface area contributed by atoms with E-state index in [1.165, 1.54) is 19.2 Å². The van der Waals surface area contributed by atoms with Crippen LogP contribution in [0.4, 0.5) is 4.39 Å². The minimum absolute atomic E-state index is 0.171. The SMILES string of the molecule is COC(=O)C1(C(=O)N2CCc3nnc(-c4ccc(F)cc4)cc3C2)CC1. The number of hydrogen-bond donors (Lipinski definition) is 0. The van der Waals surface area contributed by atoms with Crippen LogP contribution in [0.2, 0.25) is 0 Å². The number of methoxy groups -OCH3 is 1. The summed E-state index contributed by atoms with van der Waals surface area (Å²) in [4.78, 5) is 26.5. The summed E-state index contributed by atoms with van der Waals surface area (Å²) in [5.74, 6) is -0.933. The molecule has 4 rings (SSSR count). The van der Waals surface area contributed by atoms with Gasteiger partial charge in [0.2, 0.25) is 5.91 Å². The van der Waals surface area contributed by atoms with Crippen LogP contribution < -0.4 is 0 Å². The molecule has 26 heavy (non-hydrogen) atoms. The van der Waals surface area contributed by atoms with Crippen LogP contribution in [0, 0.1) is 11.2 Å². The van der Waals surface area contributed by atoms with E-state index in [4.69, 9.17) is 4.74 Å². The van der Waals surface area contributed by atoms with E-state index in [0.717, 1.165) is 16.8 Å².